The number of alkyl halides is 3. The average molecular weight is 280 g/mol. The molecule has 0 aliphatic carbocycles. The maximum Gasteiger partial charge on any atom is 0.420 e. The summed E-state index contributed by atoms with van der Waals surface area (Å²) < 4.78 is 64.9. The topological polar surface area (TPSA) is 44.8 Å². The Kier molecular flexibility index (Phi) is 3.61. The minimum absolute atomic E-state index is 0.274. The monoisotopic (exact) mass is 280 g/mol. The van der Waals surface area contributed by atoms with Crippen molar-refractivity contribution in [2.24, 2.45) is 0 Å². The maximum absolute atomic E-state index is 12.8. The molecule has 0 amide bonds. The lowest BCUT2D eigenvalue weighted by atomic mass is 10.2. The average Bonchev–Trinajstić information content (AvgIpc) is 2.72. The van der Waals surface area contributed by atoms with Gasteiger partial charge < -0.3 is 14.2 Å². The number of carbonyl (C=O) groups excluding carboxylic acids is 1. The van der Waals surface area contributed by atoms with Gasteiger partial charge in [0.15, 0.2) is 6.61 Å². The summed E-state index contributed by atoms with van der Waals surface area (Å²) in [4.78, 5) is 10.7. The molecule has 1 aliphatic rings. The summed E-state index contributed by atoms with van der Waals surface area (Å²) in [6.45, 7) is -0.677. The van der Waals surface area contributed by atoms with Crippen LogP contribution in [0.15, 0.2) is 18.2 Å². The van der Waals surface area contributed by atoms with Gasteiger partial charge >= 0.3 is 12.1 Å². The molecule has 1 atom stereocenters. The van der Waals surface area contributed by atoms with E-state index in [2.05, 4.69) is 4.74 Å². The molecule has 1 fully saturated rings. The molecule has 0 spiro atoms. The predicted molar refractivity (Wildman–Crippen MR) is 52.7 cm³/mol. The number of benzene rings is 1. The molecule has 1 saturated heterocycles. The number of esters is 1. The summed E-state index contributed by atoms with van der Waals surface area (Å²) in [5, 5.41) is 0. The van der Waals surface area contributed by atoms with Gasteiger partial charge in [0.25, 0.3) is 0 Å². The molecular weight excluding hydrogens is 272 g/mol. The van der Waals surface area contributed by atoms with E-state index in [0.717, 1.165) is 12.1 Å². The number of hydrogen-bond acceptors (Lipinski definition) is 4. The lowest BCUT2D eigenvalue weighted by Gasteiger charge is -2.15. The normalized spacial score (nSPS) is 19.4. The Bertz CT molecular complexity index is 486. The Balaban J connectivity index is 2.09. The van der Waals surface area contributed by atoms with Crippen molar-refractivity contribution in [2.75, 3.05) is 13.2 Å². The summed E-state index contributed by atoms with van der Waals surface area (Å²) in [5.41, 5.74) is -1.24. The number of cyclic esters (lactones) is 1. The molecule has 8 heteroatoms. The lowest BCUT2D eigenvalue weighted by Crippen LogP contribution is -2.20. The zero-order valence-corrected chi connectivity index (χ0v) is 9.37. The van der Waals surface area contributed by atoms with Crippen LogP contribution in [0.3, 0.4) is 0 Å². The summed E-state index contributed by atoms with van der Waals surface area (Å²) >= 11 is 0. The lowest BCUT2D eigenvalue weighted by molar-refractivity contribution is -0.147. The number of ether oxygens (including phenoxy) is 3. The highest BCUT2D eigenvalue weighted by atomic mass is 19.4. The third kappa shape index (κ3) is 3.34. The van der Waals surface area contributed by atoms with Crippen LogP contribution in [-0.2, 0) is 20.4 Å². The van der Waals surface area contributed by atoms with Crippen LogP contribution in [0.2, 0.25) is 0 Å². The number of carbonyl (C=O) groups is 1. The van der Waals surface area contributed by atoms with E-state index in [1.165, 1.54) is 0 Å². The van der Waals surface area contributed by atoms with E-state index in [9.17, 15) is 22.4 Å². The van der Waals surface area contributed by atoms with Gasteiger partial charge in [-0.05, 0) is 18.2 Å². The van der Waals surface area contributed by atoms with Crippen LogP contribution in [-0.4, -0.2) is 25.5 Å². The summed E-state index contributed by atoms with van der Waals surface area (Å²) in [6, 6.07) is 2.03. The molecule has 0 N–H and O–H groups in total. The first-order valence-electron chi connectivity index (χ1n) is 5.17. The third-order valence-electron chi connectivity index (χ3n) is 2.27. The molecule has 0 saturated carbocycles. The number of hydrogen-bond donors (Lipinski definition) is 0. The fraction of sp³-hybridized carbons (Fsp3) is 0.364. The van der Waals surface area contributed by atoms with Gasteiger partial charge in [0.1, 0.15) is 23.7 Å². The van der Waals surface area contributed by atoms with E-state index in [1.807, 2.05) is 0 Å². The number of rotatable bonds is 3. The molecule has 1 unspecified atom stereocenters. The summed E-state index contributed by atoms with van der Waals surface area (Å²) in [7, 11) is 0. The predicted octanol–water partition coefficient (Wildman–Crippen LogP) is 2.12. The van der Waals surface area contributed by atoms with Crippen molar-refractivity contribution >= 4 is 5.97 Å². The van der Waals surface area contributed by atoms with Crippen molar-refractivity contribution in [1.29, 1.82) is 0 Å². The van der Waals surface area contributed by atoms with E-state index in [-0.39, 0.29) is 6.61 Å². The smallest absolute Gasteiger partial charge is 0.420 e. The van der Waals surface area contributed by atoms with Gasteiger partial charge in [-0.15, -0.1) is 0 Å². The highest BCUT2D eigenvalue weighted by Crippen LogP contribution is 2.36. The van der Waals surface area contributed by atoms with Gasteiger partial charge in [-0.2, -0.15) is 13.2 Å². The minimum atomic E-state index is -4.75. The van der Waals surface area contributed by atoms with Gasteiger partial charge in [-0.25, -0.2) is 9.18 Å². The third-order valence-corrected chi connectivity index (χ3v) is 2.27. The summed E-state index contributed by atoms with van der Waals surface area (Å²) in [6.07, 6.45) is -5.80. The summed E-state index contributed by atoms with van der Waals surface area (Å²) in [5.74, 6) is -2.20. The van der Waals surface area contributed by atoms with Crippen molar-refractivity contribution in [3.05, 3.63) is 29.6 Å². The Labute approximate surface area is 104 Å². The van der Waals surface area contributed by atoms with E-state index in [4.69, 9.17) is 9.47 Å². The van der Waals surface area contributed by atoms with Crippen molar-refractivity contribution < 1.29 is 36.6 Å². The fourth-order valence-electron chi connectivity index (χ4n) is 1.47. The van der Waals surface area contributed by atoms with Crippen LogP contribution in [0.1, 0.15) is 5.56 Å². The Hall–Kier alpha value is -1.83. The molecule has 104 valence electrons. The maximum atomic E-state index is 12.8. The van der Waals surface area contributed by atoms with Crippen LogP contribution in [0.25, 0.3) is 0 Å². The first-order chi connectivity index (χ1) is 8.86. The largest absolute Gasteiger partial charge is 0.486 e. The second-order valence-electron chi connectivity index (χ2n) is 3.68. The van der Waals surface area contributed by atoms with Gasteiger partial charge in [0, 0.05) is 0 Å². The minimum Gasteiger partial charge on any atom is -0.486 e. The van der Waals surface area contributed by atoms with E-state index in [0.29, 0.717) is 6.07 Å². The Morgan fingerprint density at radius 2 is 2.11 bits per heavy atom. The SMILES string of the molecule is O=C1COC(COc2ccc(F)cc2C(F)(F)F)O1. The number of halogens is 4. The van der Waals surface area contributed by atoms with Crippen LogP contribution < -0.4 is 4.74 Å². The van der Waals surface area contributed by atoms with Gasteiger partial charge in [-0.3, -0.25) is 0 Å². The highest BCUT2D eigenvalue weighted by Gasteiger charge is 2.35. The van der Waals surface area contributed by atoms with Crippen LogP contribution >= 0.6 is 0 Å². The molecular formula is C11H8F4O4. The second kappa shape index (κ2) is 5.04. The van der Waals surface area contributed by atoms with Crippen molar-refractivity contribution in [3.63, 3.8) is 0 Å². The van der Waals surface area contributed by atoms with E-state index < -0.39 is 42.2 Å². The first kappa shape index (κ1) is 13.6. The fourth-order valence-corrected chi connectivity index (χ4v) is 1.47. The van der Waals surface area contributed by atoms with E-state index in [1.54, 1.807) is 0 Å². The standard InChI is InChI=1S/C11H8F4O4/c12-6-1-2-8(7(3-6)11(13,14)15)17-5-10-18-4-9(16)19-10/h1-3,10H,4-5H2. The van der Waals surface area contributed by atoms with Crippen molar-refractivity contribution in [2.45, 2.75) is 12.5 Å². The molecule has 19 heavy (non-hydrogen) atoms. The van der Waals surface area contributed by atoms with E-state index >= 15 is 0 Å². The first-order valence-corrected chi connectivity index (χ1v) is 5.17. The van der Waals surface area contributed by atoms with Crippen LogP contribution in [0.5, 0.6) is 5.75 Å². The van der Waals surface area contributed by atoms with Crippen molar-refractivity contribution in [3.8, 4) is 5.75 Å². The Morgan fingerprint density at radius 3 is 2.68 bits per heavy atom. The molecule has 1 aromatic rings. The van der Waals surface area contributed by atoms with Crippen molar-refractivity contribution in [1.82, 2.24) is 0 Å². The van der Waals surface area contributed by atoms with Crippen LogP contribution in [0, 0.1) is 5.82 Å². The highest BCUT2D eigenvalue weighted by molar-refractivity contribution is 5.72. The van der Waals surface area contributed by atoms with Gasteiger partial charge in [-0.1, -0.05) is 0 Å². The van der Waals surface area contributed by atoms with Crippen LogP contribution in [0.4, 0.5) is 17.6 Å². The zero-order chi connectivity index (χ0) is 14.0. The Morgan fingerprint density at radius 1 is 1.37 bits per heavy atom. The molecule has 1 heterocycles. The zero-order valence-electron chi connectivity index (χ0n) is 9.37. The molecule has 1 aliphatic heterocycles. The quantitative estimate of drug-likeness (QED) is 0.628. The molecule has 4 nitrogen and oxygen atoms in total. The molecule has 0 bridgehead atoms. The van der Waals surface area contributed by atoms with Gasteiger partial charge in [0.2, 0.25) is 6.29 Å². The van der Waals surface area contributed by atoms with Gasteiger partial charge in [0.05, 0.1) is 0 Å². The molecule has 0 aromatic heterocycles. The molecule has 2 rings (SSSR count). The molecule has 1 aromatic carbocycles. The molecule has 0 radical (unpaired) electrons. The second-order valence-corrected chi connectivity index (χ2v) is 3.68.